The van der Waals surface area contributed by atoms with E-state index in [1.807, 2.05) is 18.2 Å². The van der Waals surface area contributed by atoms with Gasteiger partial charge in [-0.3, -0.25) is 4.79 Å². The minimum Gasteiger partial charge on any atom is -0.365 e. The Morgan fingerprint density at radius 2 is 2.04 bits per heavy atom. The summed E-state index contributed by atoms with van der Waals surface area (Å²) >= 11 is 4.50. The third-order valence-electron chi connectivity index (χ3n) is 5.01. The van der Waals surface area contributed by atoms with Crippen LogP contribution >= 0.6 is 12.2 Å². The lowest BCUT2D eigenvalue weighted by molar-refractivity contribution is -0.108. The Morgan fingerprint density at radius 1 is 1.36 bits per heavy atom. The molecule has 1 saturated carbocycles. The molecule has 1 fully saturated rings. The van der Waals surface area contributed by atoms with Crippen LogP contribution in [0.1, 0.15) is 63.9 Å². The molecule has 6 nitrogen and oxygen atoms in total. The Bertz CT molecular complexity index is 745. The van der Waals surface area contributed by atoms with Crippen molar-refractivity contribution in [3.8, 4) is 0 Å². The number of thiocarbonyl (C=S) groups is 1. The fourth-order valence-electron chi connectivity index (χ4n) is 3.50. The molecule has 8 heteroatoms. The van der Waals surface area contributed by atoms with E-state index in [9.17, 15) is 13.2 Å². The maximum absolute atomic E-state index is 11.1. The molecular formula is C20H31N3O3S2. The van der Waals surface area contributed by atoms with Gasteiger partial charge >= 0.3 is 10.5 Å². The maximum atomic E-state index is 11.1. The molecule has 0 aliphatic heterocycles. The summed E-state index contributed by atoms with van der Waals surface area (Å²) in [5, 5.41) is 5.13. The molecule has 0 bridgehead atoms. The molecule has 1 aromatic carbocycles. The Labute approximate surface area is 175 Å². The Kier molecular flexibility index (Phi) is 10.9. The zero-order chi connectivity index (χ0) is 21.0. The lowest BCUT2D eigenvalue weighted by atomic mass is 9.95. The largest absolute Gasteiger partial charge is 0.365 e. The van der Waals surface area contributed by atoms with Crippen LogP contribution in [0.2, 0.25) is 0 Å². The normalized spacial score (nSPS) is 20.8. The molecule has 3 unspecified atom stereocenters. The number of amides is 1. The van der Waals surface area contributed by atoms with Gasteiger partial charge in [0.05, 0.1) is 5.54 Å². The summed E-state index contributed by atoms with van der Waals surface area (Å²) in [6.45, 7) is 4.49. The van der Waals surface area contributed by atoms with E-state index in [1.165, 1.54) is 18.4 Å². The second-order valence-corrected chi connectivity index (χ2v) is 8.23. The van der Waals surface area contributed by atoms with Gasteiger partial charge in [-0.25, -0.2) is 0 Å². The molecule has 0 heterocycles. The van der Waals surface area contributed by atoms with Gasteiger partial charge in [0.2, 0.25) is 6.41 Å². The molecule has 156 valence electrons. The number of benzene rings is 1. The zero-order valence-electron chi connectivity index (χ0n) is 16.8. The van der Waals surface area contributed by atoms with Gasteiger partial charge in [-0.05, 0) is 36.5 Å². The van der Waals surface area contributed by atoms with Gasteiger partial charge in [-0.15, -0.1) is 0 Å². The molecule has 3 atom stereocenters. The van der Waals surface area contributed by atoms with Crippen molar-refractivity contribution in [3.63, 3.8) is 0 Å². The Balaban J connectivity index is 0.000000480. The molecule has 0 radical (unpaired) electrons. The summed E-state index contributed by atoms with van der Waals surface area (Å²) in [7, 11) is -0.672. The van der Waals surface area contributed by atoms with Crippen LogP contribution < -0.4 is 10.6 Å². The average Bonchev–Trinajstić information content (AvgIpc) is 3.36. The highest BCUT2D eigenvalue weighted by Gasteiger charge is 2.55. The van der Waals surface area contributed by atoms with Crippen molar-refractivity contribution in [2.24, 2.45) is 10.3 Å². The van der Waals surface area contributed by atoms with E-state index in [2.05, 4.69) is 53.2 Å². The molecule has 0 spiro atoms. The molecule has 1 amide bonds. The van der Waals surface area contributed by atoms with E-state index in [0.717, 1.165) is 31.6 Å². The van der Waals surface area contributed by atoms with Gasteiger partial charge in [-0.2, -0.15) is 12.8 Å². The first-order chi connectivity index (χ1) is 13.4. The van der Waals surface area contributed by atoms with Crippen LogP contribution in [0.4, 0.5) is 0 Å². The second-order valence-electron chi connectivity index (χ2n) is 7.21. The molecule has 2 N–H and O–H groups in total. The summed E-state index contributed by atoms with van der Waals surface area (Å²) < 4.78 is 26.2. The number of hydrogen-bond donors (Lipinski definition) is 2. The summed E-state index contributed by atoms with van der Waals surface area (Å²) in [4.78, 5) is 9.54. The molecule has 28 heavy (non-hydrogen) atoms. The average molecular weight is 426 g/mol. The van der Waals surface area contributed by atoms with Crippen LogP contribution in [-0.4, -0.2) is 32.5 Å². The summed E-state index contributed by atoms with van der Waals surface area (Å²) in [5.41, 5.74) is 0.855. The third-order valence-corrected chi connectivity index (χ3v) is 5.84. The third kappa shape index (κ3) is 8.48. The predicted octanol–water partition coefficient (Wildman–Crippen LogP) is 3.82. The Hall–Kier alpha value is -1.80. The highest BCUT2D eigenvalue weighted by molar-refractivity contribution is 7.80. The molecule has 1 aromatic rings. The van der Waals surface area contributed by atoms with E-state index >= 15 is 0 Å². The van der Waals surface area contributed by atoms with Crippen LogP contribution in [-0.2, 0) is 15.3 Å². The number of rotatable bonds is 9. The standard InChI is InChI=1S/C17H25NO2S.C3H6N2OS/c1-3-8-14(2)9-7-12-17(18-21(19)20)13-16(17)15-10-5-4-6-11-15;1-4-3(7)5-2-6/h4-6,10-11,14,16H,3,7-9,12-13H2,1-2H3;2H,1H3,(H2,4,5,6,7). The van der Waals surface area contributed by atoms with E-state index in [-0.39, 0.29) is 11.5 Å². The number of hydrogen-bond acceptors (Lipinski definition) is 5. The van der Waals surface area contributed by atoms with E-state index in [0.29, 0.717) is 11.5 Å². The van der Waals surface area contributed by atoms with E-state index < -0.39 is 10.5 Å². The number of carbonyl (C=O) groups excluding carboxylic acids is 1. The number of carbonyl (C=O) groups is 1. The first-order valence-corrected chi connectivity index (χ1v) is 11.1. The molecule has 0 saturated heterocycles. The molecular weight excluding hydrogens is 394 g/mol. The minimum atomic E-state index is -2.31. The van der Waals surface area contributed by atoms with Crippen LogP contribution in [0.25, 0.3) is 0 Å². The number of nitrogens with one attached hydrogen (secondary N) is 2. The van der Waals surface area contributed by atoms with Gasteiger partial charge in [0.25, 0.3) is 0 Å². The molecule has 0 aromatic heterocycles. The van der Waals surface area contributed by atoms with Crippen molar-refractivity contribution in [2.75, 3.05) is 7.05 Å². The molecule has 1 aliphatic carbocycles. The molecule has 2 rings (SSSR count). The van der Waals surface area contributed by atoms with Crippen LogP contribution in [0.15, 0.2) is 34.7 Å². The minimum absolute atomic E-state index is 0.276. The maximum Gasteiger partial charge on any atom is 0.311 e. The quantitative estimate of drug-likeness (QED) is 0.464. The van der Waals surface area contributed by atoms with Gasteiger partial charge in [0.1, 0.15) is 0 Å². The van der Waals surface area contributed by atoms with Crippen molar-refractivity contribution in [2.45, 2.75) is 63.8 Å². The van der Waals surface area contributed by atoms with Gasteiger partial charge in [-0.1, -0.05) is 69.9 Å². The first kappa shape index (κ1) is 24.2. The first-order valence-electron chi connectivity index (χ1n) is 9.67. The predicted molar refractivity (Wildman–Crippen MR) is 117 cm³/mol. The fourth-order valence-corrected chi connectivity index (χ4v) is 4.14. The lowest BCUT2D eigenvalue weighted by Gasteiger charge is -2.13. The van der Waals surface area contributed by atoms with Gasteiger partial charge < -0.3 is 10.6 Å². The van der Waals surface area contributed by atoms with Gasteiger partial charge in [0, 0.05) is 13.0 Å². The SMILES string of the molecule is CCCC(C)CCCC1(N=S(=O)=O)CC1c1ccccc1.CNC(=S)NC=O. The highest BCUT2D eigenvalue weighted by atomic mass is 32.2. The van der Waals surface area contributed by atoms with Crippen molar-refractivity contribution in [1.29, 1.82) is 0 Å². The topological polar surface area (TPSA) is 87.6 Å². The number of nitrogens with zero attached hydrogens (tertiary/aromatic N) is 1. The van der Waals surface area contributed by atoms with Crippen molar-refractivity contribution < 1.29 is 13.2 Å². The van der Waals surface area contributed by atoms with E-state index in [4.69, 9.17) is 0 Å². The van der Waals surface area contributed by atoms with Crippen LogP contribution in [0, 0.1) is 5.92 Å². The van der Waals surface area contributed by atoms with Gasteiger partial charge in [0.15, 0.2) is 5.11 Å². The lowest BCUT2D eigenvalue weighted by Crippen LogP contribution is -2.30. The fraction of sp³-hybridized carbons (Fsp3) is 0.600. The second kappa shape index (κ2) is 12.6. The van der Waals surface area contributed by atoms with Crippen molar-refractivity contribution >= 4 is 34.2 Å². The smallest absolute Gasteiger partial charge is 0.311 e. The summed E-state index contributed by atoms with van der Waals surface area (Å²) in [6.07, 6.45) is 6.97. The monoisotopic (exact) mass is 425 g/mol. The van der Waals surface area contributed by atoms with Crippen molar-refractivity contribution in [1.82, 2.24) is 10.6 Å². The van der Waals surface area contributed by atoms with Crippen molar-refractivity contribution in [3.05, 3.63) is 35.9 Å². The summed E-state index contributed by atoms with van der Waals surface area (Å²) in [5.74, 6) is 0.997. The van der Waals surface area contributed by atoms with E-state index in [1.54, 1.807) is 7.05 Å². The zero-order valence-corrected chi connectivity index (χ0v) is 18.5. The van der Waals surface area contributed by atoms with Crippen LogP contribution in [0.5, 0.6) is 0 Å². The van der Waals surface area contributed by atoms with Crippen LogP contribution in [0.3, 0.4) is 0 Å². The Morgan fingerprint density at radius 3 is 2.54 bits per heavy atom. The molecule has 1 aliphatic rings. The summed E-state index contributed by atoms with van der Waals surface area (Å²) in [6, 6.07) is 10.2. The highest BCUT2D eigenvalue weighted by Crippen LogP contribution is 2.57.